The first-order valence-corrected chi connectivity index (χ1v) is 8.90. The molecule has 1 saturated carbocycles. The van der Waals surface area contributed by atoms with E-state index in [1.165, 1.54) is 18.5 Å². The minimum Gasteiger partial charge on any atom is -0.349 e. The van der Waals surface area contributed by atoms with Crippen molar-refractivity contribution < 1.29 is 9.72 Å². The third kappa shape index (κ3) is 3.77. The first-order chi connectivity index (χ1) is 11.0. The second-order valence-electron chi connectivity index (χ2n) is 4.82. The van der Waals surface area contributed by atoms with Crippen LogP contribution in [-0.4, -0.2) is 21.9 Å². The molecule has 120 valence electrons. The highest BCUT2D eigenvalue weighted by atomic mass is 35.5. The molecule has 1 amide bonds. The van der Waals surface area contributed by atoms with Crippen LogP contribution in [0.25, 0.3) is 0 Å². The van der Waals surface area contributed by atoms with Crippen molar-refractivity contribution in [1.29, 1.82) is 0 Å². The second-order valence-corrected chi connectivity index (χ2v) is 7.97. The minimum absolute atomic E-state index is 0.134. The van der Waals surface area contributed by atoms with Crippen molar-refractivity contribution in [3.05, 3.63) is 43.5 Å². The number of hydrogen-bond acceptors (Lipinski definition) is 6. The van der Waals surface area contributed by atoms with E-state index in [4.69, 9.17) is 23.2 Å². The first-order valence-electron chi connectivity index (χ1n) is 6.51. The maximum Gasteiger partial charge on any atom is 0.294 e. The lowest BCUT2D eigenvalue weighted by Crippen LogP contribution is -2.24. The number of thiophene rings is 1. The van der Waals surface area contributed by atoms with Gasteiger partial charge in [0.15, 0.2) is 0 Å². The third-order valence-corrected chi connectivity index (χ3v) is 6.27. The molecule has 23 heavy (non-hydrogen) atoms. The Morgan fingerprint density at radius 3 is 2.61 bits per heavy atom. The Labute approximate surface area is 149 Å². The zero-order valence-electron chi connectivity index (χ0n) is 11.4. The molecule has 1 aliphatic rings. The van der Waals surface area contributed by atoms with Crippen LogP contribution >= 0.6 is 46.3 Å². The van der Waals surface area contributed by atoms with E-state index in [-0.39, 0.29) is 17.6 Å². The predicted octanol–water partition coefficient (Wildman–Crippen LogP) is 4.40. The van der Waals surface area contributed by atoms with Gasteiger partial charge in [-0.05, 0) is 12.8 Å². The Bertz CT molecular complexity index is 773. The Balaban J connectivity index is 1.92. The van der Waals surface area contributed by atoms with E-state index in [0.717, 1.165) is 35.9 Å². The number of carbonyl (C=O) groups is 1. The molecule has 6 nitrogen and oxygen atoms in total. The minimum atomic E-state index is -0.518. The van der Waals surface area contributed by atoms with Crippen LogP contribution in [-0.2, 0) is 0 Å². The number of rotatable bonds is 5. The van der Waals surface area contributed by atoms with Gasteiger partial charge in [-0.1, -0.05) is 35.0 Å². The van der Waals surface area contributed by atoms with Gasteiger partial charge in [-0.25, -0.2) is 0 Å². The van der Waals surface area contributed by atoms with Crippen LogP contribution in [0.2, 0.25) is 10.0 Å². The van der Waals surface area contributed by atoms with Crippen molar-refractivity contribution in [3.8, 4) is 0 Å². The monoisotopic (exact) mass is 389 g/mol. The molecule has 0 aromatic carbocycles. The van der Waals surface area contributed by atoms with Gasteiger partial charge in [0, 0.05) is 24.5 Å². The van der Waals surface area contributed by atoms with Crippen LogP contribution in [0.1, 0.15) is 22.5 Å². The van der Waals surface area contributed by atoms with Gasteiger partial charge in [-0.3, -0.25) is 19.9 Å². The van der Waals surface area contributed by atoms with Gasteiger partial charge >= 0.3 is 0 Å². The van der Waals surface area contributed by atoms with Gasteiger partial charge in [0.2, 0.25) is 0 Å². The molecule has 0 saturated heterocycles. The van der Waals surface area contributed by atoms with Gasteiger partial charge in [-0.2, -0.15) is 0 Å². The molecule has 1 aliphatic carbocycles. The predicted molar refractivity (Wildman–Crippen MR) is 89.8 cm³/mol. The largest absolute Gasteiger partial charge is 0.349 e. The van der Waals surface area contributed by atoms with Gasteiger partial charge in [-0.15, -0.1) is 11.3 Å². The smallest absolute Gasteiger partial charge is 0.294 e. The number of nitrogens with zero attached hydrogens (tertiary/aromatic N) is 2. The molecule has 3 rings (SSSR count). The lowest BCUT2D eigenvalue weighted by Gasteiger charge is -2.03. The molecule has 0 atom stereocenters. The van der Waals surface area contributed by atoms with Gasteiger partial charge in [0.25, 0.3) is 11.6 Å². The number of aromatic nitrogens is 1. The van der Waals surface area contributed by atoms with Crippen LogP contribution in [0.5, 0.6) is 0 Å². The van der Waals surface area contributed by atoms with Crippen LogP contribution in [0, 0.1) is 10.1 Å². The summed E-state index contributed by atoms with van der Waals surface area (Å²) in [4.78, 5) is 27.4. The van der Waals surface area contributed by atoms with E-state index in [2.05, 4.69) is 10.3 Å². The molecule has 2 aromatic rings. The molecule has 0 spiro atoms. The van der Waals surface area contributed by atoms with Gasteiger partial charge in [0.1, 0.15) is 9.09 Å². The summed E-state index contributed by atoms with van der Waals surface area (Å²) in [6.07, 6.45) is 4.72. The molecule has 1 fully saturated rings. The molecular weight excluding hydrogens is 381 g/mol. The average molecular weight is 390 g/mol. The highest BCUT2D eigenvalue weighted by molar-refractivity contribution is 8.01. The van der Waals surface area contributed by atoms with Crippen LogP contribution in [0.15, 0.2) is 27.6 Å². The lowest BCUT2D eigenvalue weighted by molar-refractivity contribution is -0.387. The molecule has 10 heteroatoms. The van der Waals surface area contributed by atoms with E-state index in [1.807, 2.05) is 0 Å². The fourth-order valence-corrected chi connectivity index (χ4v) is 4.52. The molecule has 2 aromatic heterocycles. The Kier molecular flexibility index (Phi) is 4.77. The standard InChI is InChI=1S/C13H9Cl2N3O3S2/c14-7-4-16-5-8(15)11(7)23-13-9(18(20)21)3-10(22-13)12(19)17-6-1-2-6/h3-6H,1-2H2,(H,17,19). The Morgan fingerprint density at radius 2 is 2.04 bits per heavy atom. The van der Waals surface area contributed by atoms with Crippen molar-refractivity contribution in [2.75, 3.05) is 0 Å². The summed E-state index contributed by atoms with van der Waals surface area (Å²) in [7, 11) is 0. The highest BCUT2D eigenvalue weighted by Gasteiger charge is 2.28. The number of amides is 1. The lowest BCUT2D eigenvalue weighted by atomic mass is 10.4. The quantitative estimate of drug-likeness (QED) is 0.604. The molecule has 1 N–H and O–H groups in total. The highest BCUT2D eigenvalue weighted by Crippen LogP contribution is 2.45. The van der Waals surface area contributed by atoms with E-state index >= 15 is 0 Å². The van der Waals surface area contributed by atoms with E-state index in [9.17, 15) is 14.9 Å². The van der Waals surface area contributed by atoms with Crippen molar-refractivity contribution in [1.82, 2.24) is 10.3 Å². The fraction of sp³-hybridized carbons (Fsp3) is 0.231. The number of hydrogen-bond donors (Lipinski definition) is 1. The fourth-order valence-electron chi connectivity index (χ4n) is 1.75. The van der Waals surface area contributed by atoms with Crippen LogP contribution < -0.4 is 5.32 Å². The number of carbonyl (C=O) groups excluding carboxylic acids is 1. The van der Waals surface area contributed by atoms with Crippen LogP contribution in [0.3, 0.4) is 0 Å². The second kappa shape index (κ2) is 6.64. The summed E-state index contributed by atoms with van der Waals surface area (Å²) in [6, 6.07) is 1.47. The van der Waals surface area contributed by atoms with E-state index in [0.29, 0.717) is 24.0 Å². The molecule has 0 unspecified atom stereocenters. The summed E-state index contributed by atoms with van der Waals surface area (Å²) < 4.78 is 0.353. The molecular formula is C13H9Cl2N3O3S2. The van der Waals surface area contributed by atoms with Crippen molar-refractivity contribution >= 4 is 57.9 Å². The topological polar surface area (TPSA) is 85.1 Å². The number of pyridine rings is 1. The third-order valence-electron chi connectivity index (χ3n) is 3.02. The van der Waals surface area contributed by atoms with Crippen molar-refractivity contribution in [3.63, 3.8) is 0 Å². The zero-order chi connectivity index (χ0) is 16.6. The van der Waals surface area contributed by atoms with Crippen molar-refractivity contribution in [2.45, 2.75) is 28.0 Å². The SMILES string of the molecule is O=C(NC1CC1)c1cc([N+](=O)[O-])c(Sc2c(Cl)cncc2Cl)s1. The summed E-state index contributed by atoms with van der Waals surface area (Å²) >= 11 is 14.2. The van der Waals surface area contributed by atoms with E-state index in [1.54, 1.807) is 0 Å². The Morgan fingerprint density at radius 1 is 1.39 bits per heavy atom. The average Bonchev–Trinajstić information content (AvgIpc) is 3.19. The normalized spacial score (nSPS) is 13.8. The molecule has 2 heterocycles. The summed E-state index contributed by atoms with van der Waals surface area (Å²) in [6.45, 7) is 0. The number of halogens is 2. The maximum absolute atomic E-state index is 12.1. The van der Waals surface area contributed by atoms with Crippen molar-refractivity contribution in [2.24, 2.45) is 0 Å². The first kappa shape index (κ1) is 16.5. The zero-order valence-corrected chi connectivity index (χ0v) is 14.6. The Hall–Kier alpha value is -1.35. The maximum atomic E-state index is 12.1. The number of nitrogens with one attached hydrogen (secondary N) is 1. The van der Waals surface area contributed by atoms with Gasteiger partial charge in [0.05, 0.1) is 19.9 Å². The summed E-state index contributed by atoms with van der Waals surface area (Å²) in [5, 5.41) is 14.7. The molecule has 0 aliphatic heterocycles. The summed E-state index contributed by atoms with van der Waals surface area (Å²) in [5.74, 6) is -0.292. The van der Waals surface area contributed by atoms with Gasteiger partial charge < -0.3 is 5.32 Å². The summed E-state index contributed by atoms with van der Waals surface area (Å²) in [5.41, 5.74) is -0.134. The van der Waals surface area contributed by atoms with Crippen LogP contribution in [0.4, 0.5) is 5.69 Å². The molecule has 0 radical (unpaired) electrons. The number of nitro groups is 1. The van der Waals surface area contributed by atoms with E-state index < -0.39 is 4.92 Å². The molecule has 0 bridgehead atoms.